The highest BCUT2D eigenvalue weighted by Gasteiger charge is 2.34. The number of hydrogen-bond acceptors (Lipinski definition) is 5. The minimum atomic E-state index is -0.717. The van der Waals surface area contributed by atoms with Gasteiger partial charge in [0.2, 0.25) is 5.91 Å². The van der Waals surface area contributed by atoms with Crippen LogP contribution in [0.2, 0.25) is 0 Å². The van der Waals surface area contributed by atoms with E-state index in [4.69, 9.17) is 9.47 Å². The van der Waals surface area contributed by atoms with E-state index in [9.17, 15) is 19.1 Å². The molecule has 0 aliphatic carbocycles. The van der Waals surface area contributed by atoms with Crippen LogP contribution in [0.25, 0.3) is 0 Å². The molecule has 0 unspecified atom stereocenters. The number of ketones is 1. The van der Waals surface area contributed by atoms with Gasteiger partial charge >= 0.3 is 0 Å². The number of halogens is 1. The molecule has 0 radical (unpaired) electrons. The number of rotatable bonds is 12. The largest absolute Gasteiger partial charge is 0.457 e. The Morgan fingerprint density at radius 2 is 1.46 bits per heavy atom. The van der Waals surface area contributed by atoms with E-state index in [0.717, 1.165) is 19.3 Å². The molecule has 7 heteroatoms. The lowest BCUT2D eigenvalue weighted by Gasteiger charge is -2.39. The highest BCUT2D eigenvalue weighted by atomic mass is 19.1. The van der Waals surface area contributed by atoms with Gasteiger partial charge in [-0.2, -0.15) is 0 Å². The Kier molecular flexibility index (Phi) is 10.2. The first-order chi connectivity index (χ1) is 19.6. The van der Waals surface area contributed by atoms with E-state index in [2.05, 4.69) is 20.8 Å². The average Bonchev–Trinajstić information content (AvgIpc) is 2.93. The molecule has 1 fully saturated rings. The van der Waals surface area contributed by atoms with Gasteiger partial charge in [0.15, 0.2) is 5.78 Å². The first kappa shape index (κ1) is 30.3. The number of nitrogens with zero attached hydrogens (tertiary/aromatic N) is 1. The molecule has 0 atom stereocenters. The molecule has 218 valence electrons. The van der Waals surface area contributed by atoms with Crippen molar-refractivity contribution in [2.24, 2.45) is 5.92 Å². The maximum atomic E-state index is 13.4. The predicted molar refractivity (Wildman–Crippen MR) is 157 cm³/mol. The number of aliphatic hydroxyl groups is 1. The Bertz CT molecular complexity index is 1310. The zero-order valence-corrected chi connectivity index (χ0v) is 24.2. The second-order valence-corrected chi connectivity index (χ2v) is 11.4. The van der Waals surface area contributed by atoms with Crippen molar-refractivity contribution in [3.8, 4) is 23.0 Å². The van der Waals surface area contributed by atoms with Crippen LogP contribution < -0.4 is 9.47 Å². The van der Waals surface area contributed by atoms with Crippen molar-refractivity contribution >= 4 is 11.7 Å². The molecule has 1 N–H and O–H groups in total. The maximum Gasteiger partial charge on any atom is 0.226 e. The SMILES string of the molecule is CCCCC(=O)c1ccc(Oc2cc(CC(=O)N3CCC(O)(CC(C)C)CC3)cc(Oc3ccc(F)cc3)c2)cc1. The van der Waals surface area contributed by atoms with Crippen LogP contribution in [-0.4, -0.2) is 40.4 Å². The van der Waals surface area contributed by atoms with Crippen LogP contribution in [0.4, 0.5) is 4.39 Å². The summed E-state index contributed by atoms with van der Waals surface area (Å²) in [6, 6.07) is 18.0. The fourth-order valence-electron chi connectivity index (χ4n) is 5.24. The summed E-state index contributed by atoms with van der Waals surface area (Å²) in [6.45, 7) is 7.27. The number of Topliss-reactive ketones (excluding diaryl/α,β-unsaturated/α-hetero) is 1. The van der Waals surface area contributed by atoms with Crippen LogP contribution >= 0.6 is 0 Å². The summed E-state index contributed by atoms with van der Waals surface area (Å²) in [7, 11) is 0. The Morgan fingerprint density at radius 1 is 0.902 bits per heavy atom. The van der Waals surface area contributed by atoms with Gasteiger partial charge in [0.25, 0.3) is 0 Å². The Hall–Kier alpha value is -3.71. The lowest BCUT2D eigenvalue weighted by molar-refractivity contribution is -0.135. The van der Waals surface area contributed by atoms with Gasteiger partial charge in [0.05, 0.1) is 12.0 Å². The van der Waals surface area contributed by atoms with Crippen LogP contribution in [0.5, 0.6) is 23.0 Å². The van der Waals surface area contributed by atoms with Crippen LogP contribution in [0.3, 0.4) is 0 Å². The van der Waals surface area contributed by atoms with Crippen molar-refractivity contribution in [2.75, 3.05) is 13.1 Å². The minimum absolute atomic E-state index is 0.0311. The smallest absolute Gasteiger partial charge is 0.226 e. The van der Waals surface area contributed by atoms with E-state index in [1.165, 1.54) is 24.3 Å². The average molecular weight is 562 g/mol. The highest BCUT2D eigenvalue weighted by molar-refractivity contribution is 5.96. The summed E-state index contributed by atoms with van der Waals surface area (Å²) >= 11 is 0. The van der Waals surface area contributed by atoms with Gasteiger partial charge in [0.1, 0.15) is 28.8 Å². The van der Waals surface area contributed by atoms with Crippen molar-refractivity contribution in [1.82, 2.24) is 4.90 Å². The first-order valence-electron chi connectivity index (χ1n) is 14.5. The van der Waals surface area contributed by atoms with E-state index in [1.807, 2.05) is 0 Å². The van der Waals surface area contributed by atoms with Crippen LogP contribution in [0.15, 0.2) is 66.7 Å². The van der Waals surface area contributed by atoms with Gasteiger partial charge in [-0.15, -0.1) is 0 Å². The van der Waals surface area contributed by atoms with E-state index < -0.39 is 5.60 Å². The molecule has 3 aromatic carbocycles. The van der Waals surface area contributed by atoms with Crippen molar-refractivity contribution in [2.45, 2.75) is 71.3 Å². The molecule has 1 aliphatic rings. The topological polar surface area (TPSA) is 76.1 Å². The number of carbonyl (C=O) groups is 2. The van der Waals surface area contributed by atoms with Crippen molar-refractivity contribution in [3.05, 3.63) is 83.7 Å². The van der Waals surface area contributed by atoms with Crippen molar-refractivity contribution in [1.29, 1.82) is 0 Å². The molecule has 1 saturated heterocycles. The predicted octanol–water partition coefficient (Wildman–Crippen LogP) is 7.73. The van der Waals surface area contributed by atoms with E-state index in [0.29, 0.717) is 72.4 Å². The second-order valence-electron chi connectivity index (χ2n) is 11.4. The van der Waals surface area contributed by atoms with Crippen molar-refractivity contribution < 1.29 is 28.6 Å². The van der Waals surface area contributed by atoms with Gasteiger partial charge < -0.3 is 19.5 Å². The summed E-state index contributed by atoms with van der Waals surface area (Å²) in [5, 5.41) is 10.9. The van der Waals surface area contributed by atoms with Crippen LogP contribution in [0, 0.1) is 11.7 Å². The molecule has 3 aromatic rings. The normalized spacial score (nSPS) is 14.6. The molecule has 0 saturated carbocycles. The second kappa shape index (κ2) is 13.8. The molecule has 6 nitrogen and oxygen atoms in total. The molecule has 41 heavy (non-hydrogen) atoms. The number of amides is 1. The lowest BCUT2D eigenvalue weighted by atomic mass is 9.84. The van der Waals surface area contributed by atoms with Gasteiger partial charge in [-0.05, 0) is 97.8 Å². The molecule has 0 bridgehead atoms. The summed E-state index contributed by atoms with van der Waals surface area (Å²) in [5.74, 6) is 2.03. The third kappa shape index (κ3) is 8.89. The number of ether oxygens (including phenoxy) is 2. The number of unbranched alkanes of at least 4 members (excludes halogenated alkanes) is 1. The number of hydrogen-bond donors (Lipinski definition) is 1. The molecular formula is C34H40FNO5. The Morgan fingerprint density at radius 3 is 2.00 bits per heavy atom. The summed E-state index contributed by atoms with van der Waals surface area (Å²) < 4.78 is 25.5. The molecule has 0 spiro atoms. The van der Waals surface area contributed by atoms with E-state index in [1.54, 1.807) is 47.4 Å². The van der Waals surface area contributed by atoms with E-state index >= 15 is 0 Å². The van der Waals surface area contributed by atoms with Crippen LogP contribution in [-0.2, 0) is 11.2 Å². The molecule has 0 aromatic heterocycles. The van der Waals surface area contributed by atoms with E-state index in [-0.39, 0.29) is 23.9 Å². The molecule has 4 rings (SSSR count). The molecule has 1 amide bonds. The number of carbonyl (C=O) groups excluding carboxylic acids is 2. The quantitative estimate of drug-likeness (QED) is 0.229. The number of piperidine rings is 1. The van der Waals surface area contributed by atoms with Gasteiger partial charge in [-0.25, -0.2) is 4.39 Å². The summed E-state index contributed by atoms with van der Waals surface area (Å²) in [4.78, 5) is 27.4. The number of benzene rings is 3. The fourth-order valence-corrected chi connectivity index (χ4v) is 5.24. The maximum absolute atomic E-state index is 13.4. The standard InChI is InChI=1S/C34H40FNO5/c1-4-5-6-32(37)26-7-11-28(12-8-26)40-30-19-25(20-31(22-30)41-29-13-9-27(35)10-14-29)21-33(38)36-17-15-34(39,16-18-36)23-24(2)3/h7-14,19-20,22,24,39H,4-6,15-18,21,23H2,1-3H3. The zero-order chi connectivity index (χ0) is 29.4. The minimum Gasteiger partial charge on any atom is -0.457 e. The molecular weight excluding hydrogens is 521 g/mol. The highest BCUT2D eigenvalue weighted by Crippen LogP contribution is 2.32. The summed E-state index contributed by atoms with van der Waals surface area (Å²) in [6.07, 6.45) is 4.34. The van der Waals surface area contributed by atoms with Gasteiger partial charge in [-0.1, -0.05) is 27.2 Å². The first-order valence-corrected chi connectivity index (χ1v) is 14.5. The third-order valence-corrected chi connectivity index (χ3v) is 7.35. The summed E-state index contributed by atoms with van der Waals surface area (Å²) in [5.41, 5.74) is 0.636. The van der Waals surface area contributed by atoms with Crippen LogP contribution in [0.1, 0.15) is 75.2 Å². The molecule has 1 aliphatic heterocycles. The van der Waals surface area contributed by atoms with Crippen molar-refractivity contribution in [3.63, 3.8) is 0 Å². The monoisotopic (exact) mass is 561 g/mol. The number of likely N-dealkylation sites (tertiary alicyclic amines) is 1. The zero-order valence-electron chi connectivity index (χ0n) is 24.2. The van der Waals surface area contributed by atoms with Gasteiger partial charge in [-0.3, -0.25) is 9.59 Å². The van der Waals surface area contributed by atoms with Gasteiger partial charge in [0, 0.05) is 31.1 Å². The fraction of sp³-hybridized carbons (Fsp3) is 0.412. The Balaban J connectivity index is 1.50. The lowest BCUT2D eigenvalue weighted by Crippen LogP contribution is -2.47. The Labute approximate surface area is 242 Å². The third-order valence-electron chi connectivity index (χ3n) is 7.35. The molecule has 1 heterocycles.